The third-order valence-corrected chi connectivity index (χ3v) is 4.32. The quantitative estimate of drug-likeness (QED) is 0.765. The van der Waals surface area contributed by atoms with Crippen molar-refractivity contribution in [1.82, 2.24) is 30.3 Å². The van der Waals surface area contributed by atoms with E-state index < -0.39 is 5.82 Å². The summed E-state index contributed by atoms with van der Waals surface area (Å²) in [5.74, 6) is -0.381. The zero-order valence-electron chi connectivity index (χ0n) is 13.8. The smallest absolute Gasteiger partial charge is 0.276 e. The van der Waals surface area contributed by atoms with Crippen molar-refractivity contribution in [3.63, 3.8) is 0 Å². The number of nitrogens with zero attached hydrogens (tertiary/aromatic N) is 6. The van der Waals surface area contributed by atoms with Gasteiger partial charge in [0, 0.05) is 31.7 Å². The topological polar surface area (TPSA) is 90.9 Å². The number of hydrogen-bond acceptors (Lipinski definition) is 6. The second-order valence-corrected chi connectivity index (χ2v) is 5.86. The van der Waals surface area contributed by atoms with Gasteiger partial charge >= 0.3 is 0 Å². The Balaban J connectivity index is 1.51. The van der Waals surface area contributed by atoms with Crippen LogP contribution in [-0.2, 0) is 0 Å². The molecule has 26 heavy (non-hydrogen) atoms. The van der Waals surface area contributed by atoms with E-state index in [2.05, 4.69) is 25.4 Å². The summed E-state index contributed by atoms with van der Waals surface area (Å²) in [6.07, 6.45) is 2.76. The lowest BCUT2D eigenvalue weighted by Crippen LogP contribution is -2.49. The minimum absolute atomic E-state index is 0.188. The van der Waals surface area contributed by atoms with Gasteiger partial charge < -0.3 is 9.80 Å². The molecule has 4 rings (SSSR count). The van der Waals surface area contributed by atoms with Crippen LogP contribution in [0.4, 0.5) is 10.2 Å². The van der Waals surface area contributed by atoms with Crippen molar-refractivity contribution < 1.29 is 9.18 Å². The summed E-state index contributed by atoms with van der Waals surface area (Å²) in [7, 11) is 0. The summed E-state index contributed by atoms with van der Waals surface area (Å²) in [6.45, 7) is 1.86. The van der Waals surface area contributed by atoms with E-state index in [-0.39, 0.29) is 23.1 Å². The maximum absolute atomic E-state index is 15.0. The van der Waals surface area contributed by atoms with Crippen molar-refractivity contribution in [3.8, 4) is 11.3 Å². The first-order valence-corrected chi connectivity index (χ1v) is 8.20. The highest BCUT2D eigenvalue weighted by molar-refractivity contribution is 5.92. The van der Waals surface area contributed by atoms with Crippen molar-refractivity contribution in [3.05, 3.63) is 54.4 Å². The van der Waals surface area contributed by atoms with Gasteiger partial charge in [-0.15, -0.1) is 0 Å². The molecule has 3 heterocycles. The molecule has 1 saturated heterocycles. The number of carbonyl (C=O) groups excluding carboxylic acids is 1. The molecule has 9 heteroatoms. The van der Waals surface area contributed by atoms with E-state index in [0.717, 1.165) is 0 Å². The monoisotopic (exact) mass is 353 g/mol. The van der Waals surface area contributed by atoms with Gasteiger partial charge in [0.05, 0.1) is 6.20 Å². The minimum Gasteiger partial charge on any atom is -0.351 e. The molecule has 1 N–H and O–H groups in total. The van der Waals surface area contributed by atoms with Crippen LogP contribution < -0.4 is 4.90 Å². The average molecular weight is 353 g/mol. The third-order valence-electron chi connectivity index (χ3n) is 4.32. The SMILES string of the molecule is O=C(c1cn[nH]n1)N1CCN(c2ncnc(-c3ccccc3)c2F)CC1. The Morgan fingerprint density at radius 1 is 1.08 bits per heavy atom. The molecule has 1 aromatic carbocycles. The highest BCUT2D eigenvalue weighted by Crippen LogP contribution is 2.26. The number of aromatic amines is 1. The molecule has 3 aromatic rings. The molecule has 0 atom stereocenters. The van der Waals surface area contributed by atoms with Crippen molar-refractivity contribution in [2.24, 2.45) is 0 Å². The molecule has 0 aliphatic carbocycles. The molecule has 0 radical (unpaired) electrons. The number of halogens is 1. The molecule has 2 aromatic heterocycles. The van der Waals surface area contributed by atoms with E-state index in [1.165, 1.54) is 12.5 Å². The van der Waals surface area contributed by atoms with E-state index in [0.29, 0.717) is 31.7 Å². The van der Waals surface area contributed by atoms with Crippen LogP contribution in [0.1, 0.15) is 10.5 Å². The Labute approximate surface area is 148 Å². The van der Waals surface area contributed by atoms with Gasteiger partial charge in [-0.3, -0.25) is 4.79 Å². The molecule has 0 saturated carbocycles. The van der Waals surface area contributed by atoms with Gasteiger partial charge in [-0.2, -0.15) is 15.4 Å². The average Bonchev–Trinajstić information content (AvgIpc) is 3.23. The number of hydrogen-bond donors (Lipinski definition) is 1. The van der Waals surface area contributed by atoms with Gasteiger partial charge in [-0.05, 0) is 0 Å². The molecule has 8 nitrogen and oxygen atoms in total. The van der Waals surface area contributed by atoms with Gasteiger partial charge in [-0.1, -0.05) is 30.3 Å². The van der Waals surface area contributed by atoms with E-state index in [4.69, 9.17) is 0 Å². The first-order chi connectivity index (χ1) is 12.7. The van der Waals surface area contributed by atoms with Gasteiger partial charge in [0.1, 0.15) is 12.0 Å². The second-order valence-electron chi connectivity index (χ2n) is 5.86. The first-order valence-electron chi connectivity index (χ1n) is 8.20. The molecule has 1 fully saturated rings. The summed E-state index contributed by atoms with van der Waals surface area (Å²) in [5, 5.41) is 9.89. The lowest BCUT2D eigenvalue weighted by Gasteiger charge is -2.35. The Morgan fingerprint density at radius 3 is 2.54 bits per heavy atom. The van der Waals surface area contributed by atoms with Crippen molar-refractivity contribution in [1.29, 1.82) is 0 Å². The number of nitrogens with one attached hydrogen (secondary N) is 1. The highest BCUT2D eigenvalue weighted by atomic mass is 19.1. The lowest BCUT2D eigenvalue weighted by molar-refractivity contribution is 0.0740. The Bertz CT molecular complexity index is 893. The largest absolute Gasteiger partial charge is 0.351 e. The normalized spacial score (nSPS) is 14.5. The van der Waals surface area contributed by atoms with Gasteiger partial charge in [0.15, 0.2) is 17.3 Å². The number of amides is 1. The molecule has 0 bridgehead atoms. The number of aromatic nitrogens is 5. The van der Waals surface area contributed by atoms with Crippen LogP contribution in [-0.4, -0.2) is 62.4 Å². The fourth-order valence-corrected chi connectivity index (χ4v) is 2.97. The van der Waals surface area contributed by atoms with Gasteiger partial charge in [0.25, 0.3) is 5.91 Å². The lowest BCUT2D eigenvalue weighted by atomic mass is 10.1. The van der Waals surface area contributed by atoms with Crippen LogP contribution in [0.5, 0.6) is 0 Å². The molecule has 132 valence electrons. The van der Waals surface area contributed by atoms with Crippen LogP contribution in [0.15, 0.2) is 42.9 Å². The zero-order valence-corrected chi connectivity index (χ0v) is 13.8. The van der Waals surface area contributed by atoms with Crippen LogP contribution in [0.3, 0.4) is 0 Å². The van der Waals surface area contributed by atoms with Crippen LogP contribution >= 0.6 is 0 Å². The van der Waals surface area contributed by atoms with Crippen LogP contribution in [0.25, 0.3) is 11.3 Å². The maximum Gasteiger partial charge on any atom is 0.276 e. The number of benzene rings is 1. The van der Waals surface area contributed by atoms with E-state index >= 15 is 0 Å². The number of carbonyl (C=O) groups is 1. The maximum atomic E-state index is 15.0. The predicted molar refractivity (Wildman–Crippen MR) is 91.9 cm³/mol. The molecule has 0 spiro atoms. The minimum atomic E-state index is -0.449. The second kappa shape index (κ2) is 6.87. The first kappa shape index (κ1) is 16.1. The molecule has 1 aliphatic rings. The predicted octanol–water partition coefficient (Wildman–Crippen LogP) is 1.36. The molecular weight excluding hydrogens is 337 g/mol. The highest BCUT2D eigenvalue weighted by Gasteiger charge is 2.26. The summed E-state index contributed by atoms with van der Waals surface area (Å²) < 4.78 is 15.0. The van der Waals surface area contributed by atoms with Gasteiger partial charge in [0.2, 0.25) is 0 Å². The standard InChI is InChI=1S/C17H16FN7O/c18-14-15(12-4-2-1-3-5-12)19-11-20-16(14)24-6-8-25(9-7-24)17(26)13-10-21-23-22-13/h1-5,10-11H,6-9H2,(H,21,22,23). The van der Waals surface area contributed by atoms with E-state index in [1.54, 1.807) is 4.90 Å². The molecular formula is C17H16FN7O. The Kier molecular flexibility index (Phi) is 4.26. The van der Waals surface area contributed by atoms with Gasteiger partial charge in [-0.25, -0.2) is 14.4 Å². The fourth-order valence-electron chi connectivity index (χ4n) is 2.97. The number of piperazine rings is 1. The number of rotatable bonds is 3. The number of H-pyrrole nitrogens is 1. The summed E-state index contributed by atoms with van der Waals surface area (Å²) >= 11 is 0. The van der Waals surface area contributed by atoms with Crippen LogP contribution in [0.2, 0.25) is 0 Å². The fraction of sp³-hybridized carbons (Fsp3) is 0.235. The molecule has 1 aliphatic heterocycles. The van der Waals surface area contributed by atoms with Crippen molar-refractivity contribution in [2.45, 2.75) is 0 Å². The van der Waals surface area contributed by atoms with Crippen LogP contribution in [0, 0.1) is 5.82 Å². The number of anilines is 1. The van der Waals surface area contributed by atoms with Crippen molar-refractivity contribution >= 4 is 11.7 Å². The van der Waals surface area contributed by atoms with E-state index in [1.807, 2.05) is 35.2 Å². The molecule has 0 unspecified atom stereocenters. The van der Waals surface area contributed by atoms with E-state index in [9.17, 15) is 9.18 Å². The summed E-state index contributed by atoms with van der Waals surface area (Å²) in [6, 6.07) is 9.16. The summed E-state index contributed by atoms with van der Waals surface area (Å²) in [4.78, 5) is 24.0. The van der Waals surface area contributed by atoms with Crippen molar-refractivity contribution in [2.75, 3.05) is 31.1 Å². The molecule has 1 amide bonds. The zero-order chi connectivity index (χ0) is 17.9. The third kappa shape index (κ3) is 2.99. The Hall–Kier alpha value is -3.36. The Morgan fingerprint density at radius 2 is 1.85 bits per heavy atom. The summed E-state index contributed by atoms with van der Waals surface area (Å²) in [5.41, 5.74) is 1.25.